The van der Waals surface area contributed by atoms with Crippen LogP contribution in [0.3, 0.4) is 0 Å². The van der Waals surface area contributed by atoms with E-state index in [1.165, 1.54) is 51.9 Å². The number of fused-ring (bicyclic) bond motifs is 5. The highest BCUT2D eigenvalue weighted by atomic mass is 14.2. The predicted octanol–water partition coefficient (Wildman–Crippen LogP) is 5.60. The van der Waals surface area contributed by atoms with Gasteiger partial charge in [-0.25, -0.2) is 0 Å². The van der Waals surface area contributed by atoms with Crippen molar-refractivity contribution in [3.05, 3.63) is 72.3 Å². The molecule has 0 heteroatoms. The Morgan fingerprint density at radius 3 is 2.65 bits per heavy atom. The maximum Gasteiger partial charge on any atom is 0.00242 e. The van der Waals surface area contributed by atoms with E-state index in [-0.39, 0.29) is 0 Å². The summed E-state index contributed by atoms with van der Waals surface area (Å²) >= 11 is 0. The lowest BCUT2D eigenvalue weighted by molar-refractivity contribution is 0.634. The average Bonchev–Trinajstić information content (AvgIpc) is 2.53. The lowest BCUT2D eigenvalue weighted by atomic mass is 9.79. The highest BCUT2D eigenvalue weighted by Crippen LogP contribution is 2.39. The van der Waals surface area contributed by atoms with Gasteiger partial charge in [-0.1, -0.05) is 54.6 Å². The Balaban J connectivity index is 2.13. The van der Waals surface area contributed by atoms with E-state index in [9.17, 15) is 0 Å². The maximum absolute atomic E-state index is 4.05. The number of hydrogen-bond donors (Lipinski definition) is 0. The first-order valence-corrected chi connectivity index (χ1v) is 7.44. The normalized spacial score (nSPS) is 18.1. The summed E-state index contributed by atoms with van der Waals surface area (Å²) in [5, 5.41) is 5.49. The van der Waals surface area contributed by atoms with Gasteiger partial charge in [-0.15, -0.1) is 6.58 Å². The minimum absolute atomic E-state index is 0.517. The second kappa shape index (κ2) is 4.49. The van der Waals surface area contributed by atoms with Crippen molar-refractivity contribution in [2.75, 3.05) is 0 Å². The molecule has 0 radical (unpaired) electrons. The van der Waals surface area contributed by atoms with Gasteiger partial charge < -0.3 is 0 Å². The molecule has 0 aliphatic heterocycles. The fourth-order valence-corrected chi connectivity index (χ4v) is 3.71. The van der Waals surface area contributed by atoms with Crippen LogP contribution in [0.15, 0.2) is 61.2 Å². The van der Waals surface area contributed by atoms with Gasteiger partial charge in [-0.3, -0.25) is 0 Å². The van der Waals surface area contributed by atoms with Gasteiger partial charge in [0.15, 0.2) is 0 Å². The molecule has 1 atom stereocenters. The lowest BCUT2D eigenvalue weighted by Crippen LogP contribution is -2.08. The second-order valence-electron chi connectivity index (χ2n) is 5.75. The Morgan fingerprint density at radius 2 is 1.75 bits per heavy atom. The molecule has 0 bridgehead atoms. The smallest absolute Gasteiger partial charge is 0.00242 e. The SMILES string of the molecule is C=CC1CCCc2ccc3c(ccc4ccccc43)c21. The van der Waals surface area contributed by atoms with Crippen molar-refractivity contribution in [2.45, 2.75) is 25.2 Å². The van der Waals surface area contributed by atoms with E-state index < -0.39 is 0 Å². The zero-order valence-electron chi connectivity index (χ0n) is 11.6. The lowest BCUT2D eigenvalue weighted by Gasteiger charge is -2.25. The molecule has 1 unspecified atom stereocenters. The molecule has 1 aliphatic rings. The van der Waals surface area contributed by atoms with Crippen molar-refractivity contribution in [2.24, 2.45) is 0 Å². The molecule has 1 aliphatic carbocycles. The molecule has 98 valence electrons. The van der Waals surface area contributed by atoms with E-state index in [1.54, 1.807) is 0 Å². The standard InChI is InChI=1S/C20H18/c1-2-14-7-5-8-16-11-12-18-17-9-4-3-6-15(17)10-13-19(18)20(14)16/h2-4,6,9-14H,1,5,7-8H2. The molecular formula is C20H18. The predicted molar refractivity (Wildman–Crippen MR) is 87.3 cm³/mol. The fraction of sp³-hybridized carbons (Fsp3) is 0.200. The van der Waals surface area contributed by atoms with Crippen LogP contribution in [0.4, 0.5) is 0 Å². The Kier molecular flexibility index (Phi) is 2.63. The molecule has 0 saturated carbocycles. The summed E-state index contributed by atoms with van der Waals surface area (Å²) in [5.41, 5.74) is 3.04. The Labute approximate surface area is 119 Å². The van der Waals surface area contributed by atoms with Crippen LogP contribution in [-0.4, -0.2) is 0 Å². The molecule has 0 amide bonds. The van der Waals surface area contributed by atoms with Gasteiger partial charge >= 0.3 is 0 Å². The van der Waals surface area contributed by atoms with Crippen LogP contribution in [0.1, 0.15) is 29.9 Å². The Hall–Kier alpha value is -2.08. The van der Waals surface area contributed by atoms with Crippen LogP contribution >= 0.6 is 0 Å². The van der Waals surface area contributed by atoms with Crippen LogP contribution in [0.2, 0.25) is 0 Å². The van der Waals surface area contributed by atoms with Crippen LogP contribution in [0.5, 0.6) is 0 Å². The van der Waals surface area contributed by atoms with Gasteiger partial charge in [0.05, 0.1) is 0 Å². The van der Waals surface area contributed by atoms with Crippen LogP contribution < -0.4 is 0 Å². The Bertz CT molecular complexity index is 811. The Morgan fingerprint density at radius 1 is 0.900 bits per heavy atom. The van der Waals surface area contributed by atoms with E-state index >= 15 is 0 Å². The summed E-state index contributed by atoms with van der Waals surface area (Å²) in [5.74, 6) is 0.517. The quantitative estimate of drug-likeness (QED) is 0.394. The summed E-state index contributed by atoms with van der Waals surface area (Å²) in [6, 6.07) is 17.9. The molecule has 0 heterocycles. The first kappa shape index (κ1) is 11.7. The molecule has 0 spiro atoms. The zero-order valence-corrected chi connectivity index (χ0v) is 11.6. The second-order valence-corrected chi connectivity index (χ2v) is 5.75. The van der Waals surface area contributed by atoms with Crippen LogP contribution in [-0.2, 0) is 6.42 Å². The number of allylic oxidation sites excluding steroid dienone is 1. The van der Waals surface area contributed by atoms with Gasteiger partial charge in [0.1, 0.15) is 0 Å². The topological polar surface area (TPSA) is 0 Å². The largest absolute Gasteiger partial charge is 0.102 e. The van der Waals surface area contributed by atoms with Crippen molar-refractivity contribution < 1.29 is 0 Å². The summed E-state index contributed by atoms with van der Waals surface area (Å²) in [7, 11) is 0. The third-order valence-electron chi connectivity index (χ3n) is 4.67. The van der Waals surface area contributed by atoms with Crippen molar-refractivity contribution >= 4 is 21.5 Å². The van der Waals surface area contributed by atoms with Gasteiger partial charge in [0.25, 0.3) is 0 Å². The van der Waals surface area contributed by atoms with Crippen molar-refractivity contribution in [3.63, 3.8) is 0 Å². The number of hydrogen-bond acceptors (Lipinski definition) is 0. The molecule has 3 aromatic rings. The first-order chi connectivity index (χ1) is 9.88. The molecule has 3 aromatic carbocycles. The van der Waals surface area contributed by atoms with E-state index in [4.69, 9.17) is 0 Å². The summed E-state index contributed by atoms with van der Waals surface area (Å²) < 4.78 is 0. The number of aryl methyl sites for hydroxylation is 1. The molecule has 0 saturated heterocycles. The molecule has 0 nitrogen and oxygen atoms in total. The highest BCUT2D eigenvalue weighted by molar-refractivity contribution is 6.09. The third kappa shape index (κ3) is 1.61. The van der Waals surface area contributed by atoms with Crippen LogP contribution in [0, 0.1) is 0 Å². The van der Waals surface area contributed by atoms with E-state index in [0.29, 0.717) is 5.92 Å². The van der Waals surface area contributed by atoms with Gasteiger partial charge in [0, 0.05) is 5.92 Å². The molecule has 0 fully saturated rings. The van der Waals surface area contributed by atoms with Crippen molar-refractivity contribution in [1.29, 1.82) is 0 Å². The molecular weight excluding hydrogens is 240 g/mol. The van der Waals surface area contributed by atoms with E-state index in [0.717, 1.165) is 0 Å². The summed E-state index contributed by atoms with van der Waals surface area (Å²) in [6.45, 7) is 4.05. The average molecular weight is 258 g/mol. The maximum atomic E-state index is 4.05. The number of benzene rings is 3. The van der Waals surface area contributed by atoms with Gasteiger partial charge in [0.2, 0.25) is 0 Å². The van der Waals surface area contributed by atoms with E-state index in [2.05, 4.69) is 61.2 Å². The first-order valence-electron chi connectivity index (χ1n) is 7.44. The van der Waals surface area contributed by atoms with Crippen molar-refractivity contribution in [1.82, 2.24) is 0 Å². The van der Waals surface area contributed by atoms with E-state index in [1.807, 2.05) is 0 Å². The minimum atomic E-state index is 0.517. The number of rotatable bonds is 1. The van der Waals surface area contributed by atoms with Gasteiger partial charge in [-0.05, 0) is 51.9 Å². The minimum Gasteiger partial charge on any atom is -0.102 e. The highest BCUT2D eigenvalue weighted by Gasteiger charge is 2.20. The molecule has 20 heavy (non-hydrogen) atoms. The zero-order chi connectivity index (χ0) is 13.5. The fourth-order valence-electron chi connectivity index (χ4n) is 3.71. The molecule has 4 rings (SSSR count). The molecule has 0 aromatic heterocycles. The van der Waals surface area contributed by atoms with Crippen molar-refractivity contribution in [3.8, 4) is 0 Å². The summed E-state index contributed by atoms with van der Waals surface area (Å²) in [4.78, 5) is 0. The summed E-state index contributed by atoms with van der Waals surface area (Å²) in [6.07, 6.45) is 5.86. The van der Waals surface area contributed by atoms with Crippen LogP contribution in [0.25, 0.3) is 21.5 Å². The van der Waals surface area contributed by atoms with Gasteiger partial charge in [-0.2, -0.15) is 0 Å². The monoisotopic (exact) mass is 258 g/mol. The third-order valence-corrected chi connectivity index (χ3v) is 4.67. The molecule has 0 N–H and O–H groups in total.